The molecular weight excluding hydrogens is 510 g/mol. The molecule has 1 heterocycles. The van der Waals surface area contributed by atoms with E-state index in [0.29, 0.717) is 13.0 Å². The first-order valence-electron chi connectivity index (χ1n) is 14.8. The Morgan fingerprint density at radius 3 is 2.30 bits per heavy atom. The molecule has 40 heavy (non-hydrogen) atoms. The summed E-state index contributed by atoms with van der Waals surface area (Å²) in [5.74, 6) is -2.59. The van der Waals surface area contributed by atoms with Crippen LogP contribution in [0.2, 0.25) is 0 Å². The molecule has 5 atom stereocenters. The number of amides is 3. The van der Waals surface area contributed by atoms with E-state index < -0.39 is 41.3 Å². The number of carbonyl (C=O) groups excluding carboxylic acids is 5. The molecule has 3 aliphatic rings. The van der Waals surface area contributed by atoms with Gasteiger partial charge in [0.25, 0.3) is 5.91 Å². The van der Waals surface area contributed by atoms with Gasteiger partial charge in [0.2, 0.25) is 17.6 Å². The van der Waals surface area contributed by atoms with Crippen LogP contribution in [0.3, 0.4) is 0 Å². The molecule has 3 rings (SSSR count). The molecule has 1 aliphatic heterocycles. The van der Waals surface area contributed by atoms with Crippen LogP contribution in [0.4, 0.5) is 0 Å². The topological polar surface area (TPSA) is 122 Å². The van der Waals surface area contributed by atoms with E-state index in [2.05, 4.69) is 31.1 Å². The maximum Gasteiger partial charge on any atom is 0.308 e. The van der Waals surface area contributed by atoms with Gasteiger partial charge in [0.15, 0.2) is 0 Å². The number of hydrogen-bond acceptors (Lipinski definition) is 6. The molecule has 0 bridgehead atoms. The lowest BCUT2D eigenvalue weighted by Crippen LogP contribution is -2.56. The van der Waals surface area contributed by atoms with Gasteiger partial charge >= 0.3 is 5.97 Å². The second kappa shape index (κ2) is 12.0. The fraction of sp³-hybridized carbons (Fsp3) is 0.774. The number of fused-ring (bicyclic) bond motifs is 1. The van der Waals surface area contributed by atoms with Crippen LogP contribution in [-0.2, 0) is 28.7 Å². The normalized spacial score (nSPS) is 25.8. The quantitative estimate of drug-likeness (QED) is 0.214. The maximum atomic E-state index is 13.7. The fourth-order valence-electron chi connectivity index (χ4n) is 6.32. The highest BCUT2D eigenvalue weighted by molar-refractivity contribution is 6.38. The van der Waals surface area contributed by atoms with Crippen LogP contribution >= 0.6 is 0 Å². The van der Waals surface area contributed by atoms with Crippen molar-refractivity contribution in [2.75, 3.05) is 13.1 Å². The Morgan fingerprint density at radius 1 is 1.10 bits per heavy atom. The van der Waals surface area contributed by atoms with E-state index in [-0.39, 0.29) is 53.9 Å². The number of esters is 1. The highest BCUT2D eigenvalue weighted by Crippen LogP contribution is 2.65. The van der Waals surface area contributed by atoms with Crippen molar-refractivity contribution in [2.45, 2.75) is 111 Å². The minimum absolute atomic E-state index is 0.000315. The lowest BCUT2D eigenvalue weighted by atomic mass is 9.81. The molecule has 1 saturated heterocycles. The Hall–Kier alpha value is -2.71. The molecule has 0 aromatic carbocycles. The van der Waals surface area contributed by atoms with E-state index in [4.69, 9.17) is 4.74 Å². The largest absolute Gasteiger partial charge is 0.459 e. The number of nitrogens with one attached hydrogen (secondary N) is 2. The summed E-state index contributed by atoms with van der Waals surface area (Å²) in [4.78, 5) is 66.9. The van der Waals surface area contributed by atoms with E-state index in [9.17, 15) is 24.0 Å². The molecule has 0 aromatic heterocycles. The highest BCUT2D eigenvalue weighted by Gasteiger charge is 2.69. The number of allylic oxidation sites excluding steroid dienone is 1. The van der Waals surface area contributed by atoms with Crippen molar-refractivity contribution >= 4 is 29.5 Å². The van der Waals surface area contributed by atoms with Crippen LogP contribution in [-0.4, -0.2) is 65.1 Å². The number of carbonyl (C=O) groups is 5. The van der Waals surface area contributed by atoms with Gasteiger partial charge in [-0.05, 0) is 68.1 Å². The molecule has 0 radical (unpaired) electrons. The van der Waals surface area contributed by atoms with Crippen LogP contribution < -0.4 is 10.6 Å². The molecule has 0 aromatic rings. The SMILES string of the molecule is C=CCC[C@H](NC(=O)[C@@H]1[C@@H]2[C@H](CN1C(=O)[C@@H](C)C(C)(C)C)C2(C)C)C(=O)C(=O)NCCC(=O)OC1(C)CCCC1. The van der Waals surface area contributed by atoms with Crippen molar-refractivity contribution in [3.05, 3.63) is 12.7 Å². The van der Waals surface area contributed by atoms with Gasteiger partial charge in [0.1, 0.15) is 11.6 Å². The molecule has 0 spiro atoms. The van der Waals surface area contributed by atoms with Crippen molar-refractivity contribution < 1.29 is 28.7 Å². The summed E-state index contributed by atoms with van der Waals surface area (Å²) in [6.07, 6.45) is 5.90. The van der Waals surface area contributed by atoms with Crippen molar-refractivity contribution in [3.8, 4) is 0 Å². The molecule has 0 unspecified atom stereocenters. The van der Waals surface area contributed by atoms with Crippen molar-refractivity contribution in [1.82, 2.24) is 15.5 Å². The number of Topliss-reactive ketones (excluding diaryl/α,β-unsaturated/α-hetero) is 1. The lowest BCUT2D eigenvalue weighted by Gasteiger charge is -2.36. The van der Waals surface area contributed by atoms with Gasteiger partial charge < -0.3 is 20.3 Å². The third kappa shape index (κ3) is 6.95. The van der Waals surface area contributed by atoms with Gasteiger partial charge in [-0.1, -0.05) is 47.6 Å². The Morgan fingerprint density at radius 2 is 1.73 bits per heavy atom. The van der Waals surface area contributed by atoms with Crippen LogP contribution in [0.15, 0.2) is 12.7 Å². The van der Waals surface area contributed by atoms with Gasteiger partial charge in [-0.15, -0.1) is 6.58 Å². The van der Waals surface area contributed by atoms with Crippen LogP contribution in [0.25, 0.3) is 0 Å². The Balaban J connectivity index is 1.63. The average Bonchev–Trinajstić information content (AvgIpc) is 3.23. The summed E-state index contributed by atoms with van der Waals surface area (Å²) in [6.45, 7) is 18.2. The van der Waals surface area contributed by atoms with Crippen molar-refractivity contribution in [1.29, 1.82) is 0 Å². The second-order valence-electron chi connectivity index (χ2n) is 13.9. The Labute approximate surface area is 239 Å². The lowest BCUT2D eigenvalue weighted by molar-refractivity contribution is -0.157. The molecule has 9 nitrogen and oxygen atoms in total. The number of ether oxygens (including phenoxy) is 1. The predicted octanol–water partition coefficient (Wildman–Crippen LogP) is 3.55. The molecule has 3 fully saturated rings. The predicted molar refractivity (Wildman–Crippen MR) is 152 cm³/mol. The summed E-state index contributed by atoms with van der Waals surface area (Å²) >= 11 is 0. The number of likely N-dealkylation sites (tertiary alicyclic amines) is 1. The zero-order valence-electron chi connectivity index (χ0n) is 25.4. The Bertz CT molecular complexity index is 1020. The van der Waals surface area contributed by atoms with Gasteiger partial charge in [-0.25, -0.2) is 0 Å². The zero-order valence-corrected chi connectivity index (χ0v) is 25.4. The van der Waals surface area contributed by atoms with Gasteiger partial charge in [0, 0.05) is 19.0 Å². The summed E-state index contributed by atoms with van der Waals surface area (Å²) in [6, 6.07) is -1.75. The standard InChI is InChI=1S/C31H49N3O6/c1-9-10-13-21(25(36)27(38)32-17-14-22(35)40-31(8)15-11-12-16-31)33-26(37)24-23-20(30(23,6)7)18-34(24)28(39)19(2)29(3,4)5/h9,19-21,23-24H,1,10-18H2,2-8H3,(H,32,38)(H,33,37)/t19-,20+,21+,23+,24+/m1/s1. The first-order valence-corrected chi connectivity index (χ1v) is 14.8. The molecule has 9 heteroatoms. The second-order valence-corrected chi connectivity index (χ2v) is 13.9. The van der Waals surface area contributed by atoms with Crippen LogP contribution in [0, 0.1) is 28.6 Å². The highest BCUT2D eigenvalue weighted by atomic mass is 16.6. The van der Waals surface area contributed by atoms with Gasteiger partial charge in [0.05, 0.1) is 12.5 Å². The summed E-state index contributed by atoms with van der Waals surface area (Å²) < 4.78 is 5.57. The van der Waals surface area contributed by atoms with E-state index in [1.165, 1.54) is 0 Å². The number of rotatable bonds is 12. The zero-order chi connectivity index (χ0) is 30.0. The molecule has 2 aliphatic carbocycles. The van der Waals surface area contributed by atoms with Crippen molar-refractivity contribution in [3.63, 3.8) is 0 Å². The molecule has 2 N–H and O–H groups in total. The Kier molecular flexibility index (Phi) is 9.57. The maximum absolute atomic E-state index is 13.7. The summed E-state index contributed by atoms with van der Waals surface area (Å²) in [5.41, 5.74) is -0.791. The van der Waals surface area contributed by atoms with Gasteiger partial charge in [-0.3, -0.25) is 24.0 Å². The van der Waals surface area contributed by atoms with E-state index in [0.717, 1.165) is 25.7 Å². The van der Waals surface area contributed by atoms with Crippen molar-refractivity contribution in [2.24, 2.45) is 28.6 Å². The summed E-state index contributed by atoms with van der Waals surface area (Å²) in [7, 11) is 0. The first-order chi connectivity index (χ1) is 18.5. The number of nitrogens with zero attached hydrogens (tertiary/aromatic N) is 1. The van der Waals surface area contributed by atoms with Crippen LogP contribution in [0.1, 0.15) is 93.4 Å². The minimum Gasteiger partial charge on any atom is -0.459 e. The number of ketones is 1. The van der Waals surface area contributed by atoms with Crippen LogP contribution in [0.5, 0.6) is 0 Å². The number of hydrogen-bond donors (Lipinski definition) is 2. The molecule has 224 valence electrons. The molecule has 3 amide bonds. The third-order valence-electron chi connectivity index (χ3n) is 9.58. The number of piperidine rings is 1. The monoisotopic (exact) mass is 559 g/mol. The fourth-order valence-corrected chi connectivity index (χ4v) is 6.32. The van der Waals surface area contributed by atoms with E-state index in [1.54, 1.807) is 11.0 Å². The summed E-state index contributed by atoms with van der Waals surface area (Å²) in [5, 5.41) is 5.31. The molecule has 2 saturated carbocycles. The van der Waals surface area contributed by atoms with E-state index >= 15 is 0 Å². The molecular formula is C31H49N3O6. The third-order valence-corrected chi connectivity index (χ3v) is 9.58. The van der Waals surface area contributed by atoms with E-state index in [1.807, 2.05) is 34.6 Å². The smallest absolute Gasteiger partial charge is 0.308 e. The minimum atomic E-state index is -1.06. The van der Waals surface area contributed by atoms with Gasteiger partial charge in [-0.2, -0.15) is 0 Å². The average molecular weight is 560 g/mol. The first kappa shape index (κ1) is 31.8.